The predicted octanol–water partition coefficient (Wildman–Crippen LogP) is 2.73. The average molecular weight is 373 g/mol. The van der Waals surface area contributed by atoms with Crippen LogP contribution in [0, 0.1) is 13.8 Å². The lowest BCUT2D eigenvalue weighted by atomic mass is 10.0. The molecule has 0 fully saturated rings. The highest BCUT2D eigenvalue weighted by molar-refractivity contribution is 5.68. The third-order valence-corrected chi connectivity index (χ3v) is 4.55. The molecule has 0 aliphatic carbocycles. The van der Waals surface area contributed by atoms with Gasteiger partial charge in [0.2, 0.25) is 0 Å². The molecule has 0 amide bonds. The van der Waals surface area contributed by atoms with Crippen LogP contribution in [0.4, 0.5) is 0 Å². The summed E-state index contributed by atoms with van der Waals surface area (Å²) in [6.45, 7) is 6.11. The molecule has 0 radical (unpaired) electrons. The van der Waals surface area contributed by atoms with Gasteiger partial charge in [0.25, 0.3) is 0 Å². The standard InChI is InChI=1S/C21H27NO5/c1-13-11-19(27-12-20(24)25)14(2)10-17(13)8-9-22-15(3)21(26)16-4-6-18(23)7-5-16/h4-7,10-11,15,21-23,26H,8-9,12H2,1-3H3,(H,24,25)/t15-,21+/m1/s1. The quantitative estimate of drug-likeness (QED) is 0.539. The minimum atomic E-state index is -0.999. The number of aliphatic hydroxyl groups excluding tert-OH is 1. The molecule has 0 unspecified atom stereocenters. The van der Waals surface area contributed by atoms with Crippen LogP contribution in [0.25, 0.3) is 0 Å². The molecule has 27 heavy (non-hydrogen) atoms. The molecule has 0 spiro atoms. The van der Waals surface area contributed by atoms with Gasteiger partial charge < -0.3 is 25.4 Å². The van der Waals surface area contributed by atoms with Crippen molar-refractivity contribution in [2.24, 2.45) is 0 Å². The second-order valence-electron chi connectivity index (χ2n) is 6.76. The van der Waals surface area contributed by atoms with Crippen LogP contribution < -0.4 is 10.1 Å². The minimum absolute atomic E-state index is 0.144. The highest BCUT2D eigenvalue weighted by Gasteiger charge is 2.16. The van der Waals surface area contributed by atoms with Gasteiger partial charge in [-0.05, 0) is 74.2 Å². The number of carboxylic acids is 1. The summed E-state index contributed by atoms with van der Waals surface area (Å²) in [5.74, 6) is -0.238. The second-order valence-corrected chi connectivity index (χ2v) is 6.76. The number of benzene rings is 2. The first-order valence-electron chi connectivity index (χ1n) is 8.93. The largest absolute Gasteiger partial charge is 0.508 e. The molecule has 2 rings (SSSR count). The molecule has 4 N–H and O–H groups in total. The van der Waals surface area contributed by atoms with Crippen LogP contribution in [0.15, 0.2) is 36.4 Å². The fourth-order valence-corrected chi connectivity index (χ4v) is 2.92. The lowest BCUT2D eigenvalue weighted by molar-refractivity contribution is -0.139. The highest BCUT2D eigenvalue weighted by atomic mass is 16.5. The number of phenols is 1. The molecule has 0 aromatic heterocycles. The van der Waals surface area contributed by atoms with Crippen molar-refractivity contribution in [1.82, 2.24) is 5.32 Å². The van der Waals surface area contributed by atoms with E-state index in [0.29, 0.717) is 12.3 Å². The molecule has 0 bridgehead atoms. The van der Waals surface area contributed by atoms with E-state index in [9.17, 15) is 15.0 Å². The van der Waals surface area contributed by atoms with Gasteiger partial charge in [-0.1, -0.05) is 18.2 Å². The van der Waals surface area contributed by atoms with Gasteiger partial charge in [0.05, 0.1) is 6.10 Å². The van der Waals surface area contributed by atoms with Gasteiger partial charge in [-0.25, -0.2) is 4.79 Å². The Balaban J connectivity index is 1.91. The number of hydrogen-bond acceptors (Lipinski definition) is 5. The number of carbonyl (C=O) groups is 1. The summed E-state index contributed by atoms with van der Waals surface area (Å²) in [5, 5.41) is 31.8. The molecular weight excluding hydrogens is 346 g/mol. The van der Waals surface area contributed by atoms with E-state index in [2.05, 4.69) is 5.32 Å². The van der Waals surface area contributed by atoms with Crippen LogP contribution >= 0.6 is 0 Å². The number of aliphatic carboxylic acids is 1. The van der Waals surface area contributed by atoms with Crippen LogP contribution in [-0.2, 0) is 11.2 Å². The molecule has 6 nitrogen and oxygen atoms in total. The van der Waals surface area contributed by atoms with Crippen molar-refractivity contribution < 1.29 is 24.9 Å². The number of rotatable bonds is 9. The molecule has 0 saturated heterocycles. The van der Waals surface area contributed by atoms with Gasteiger partial charge >= 0.3 is 5.97 Å². The topological polar surface area (TPSA) is 99.0 Å². The van der Waals surface area contributed by atoms with Crippen molar-refractivity contribution in [3.8, 4) is 11.5 Å². The molecule has 6 heteroatoms. The molecule has 0 saturated carbocycles. The zero-order valence-corrected chi connectivity index (χ0v) is 15.9. The van der Waals surface area contributed by atoms with Crippen molar-refractivity contribution in [2.45, 2.75) is 39.3 Å². The van der Waals surface area contributed by atoms with Gasteiger partial charge in [-0.15, -0.1) is 0 Å². The van der Waals surface area contributed by atoms with Gasteiger partial charge in [-0.2, -0.15) is 0 Å². The maximum atomic E-state index is 10.6. The Morgan fingerprint density at radius 3 is 2.44 bits per heavy atom. The summed E-state index contributed by atoms with van der Waals surface area (Å²) < 4.78 is 5.30. The van der Waals surface area contributed by atoms with Crippen molar-refractivity contribution in [3.63, 3.8) is 0 Å². The zero-order chi connectivity index (χ0) is 20.0. The lowest BCUT2D eigenvalue weighted by Gasteiger charge is -2.21. The Morgan fingerprint density at radius 2 is 1.81 bits per heavy atom. The molecule has 0 aliphatic heterocycles. The van der Waals surface area contributed by atoms with Crippen molar-refractivity contribution in [3.05, 3.63) is 58.7 Å². The predicted molar refractivity (Wildman–Crippen MR) is 103 cm³/mol. The van der Waals surface area contributed by atoms with Gasteiger partial charge in [0, 0.05) is 6.04 Å². The van der Waals surface area contributed by atoms with E-state index in [-0.39, 0.29) is 18.4 Å². The number of aliphatic hydroxyl groups is 1. The van der Waals surface area contributed by atoms with Crippen molar-refractivity contribution >= 4 is 5.97 Å². The molecule has 2 atom stereocenters. The van der Waals surface area contributed by atoms with Crippen LogP contribution in [0.3, 0.4) is 0 Å². The van der Waals surface area contributed by atoms with E-state index < -0.39 is 12.1 Å². The summed E-state index contributed by atoms with van der Waals surface area (Å²) in [5.41, 5.74) is 3.83. The van der Waals surface area contributed by atoms with Crippen LogP contribution in [-0.4, -0.2) is 40.5 Å². The number of phenolic OH excluding ortho intramolecular Hbond substituents is 1. The van der Waals surface area contributed by atoms with E-state index >= 15 is 0 Å². The monoisotopic (exact) mass is 373 g/mol. The SMILES string of the molecule is Cc1cc(OCC(=O)O)c(C)cc1CCN[C@H](C)[C@H](O)c1ccc(O)cc1. The van der Waals surface area contributed by atoms with Gasteiger partial charge in [0.15, 0.2) is 6.61 Å². The fourth-order valence-electron chi connectivity index (χ4n) is 2.92. The highest BCUT2D eigenvalue weighted by Crippen LogP contribution is 2.24. The van der Waals surface area contributed by atoms with Crippen molar-refractivity contribution in [1.29, 1.82) is 0 Å². The maximum Gasteiger partial charge on any atom is 0.341 e. The van der Waals surface area contributed by atoms with E-state index in [4.69, 9.17) is 9.84 Å². The summed E-state index contributed by atoms with van der Waals surface area (Å²) in [6.07, 6.45) is 0.110. The summed E-state index contributed by atoms with van der Waals surface area (Å²) in [4.78, 5) is 10.6. The number of nitrogens with one attached hydrogen (secondary N) is 1. The Labute approximate surface area is 159 Å². The third kappa shape index (κ3) is 5.98. The number of carboxylic acid groups (broad SMARTS) is 1. The normalized spacial score (nSPS) is 13.2. The molecular formula is C21H27NO5. The van der Waals surface area contributed by atoms with E-state index in [0.717, 1.165) is 28.7 Å². The van der Waals surface area contributed by atoms with Gasteiger partial charge in [-0.3, -0.25) is 0 Å². The number of aromatic hydroxyl groups is 1. The minimum Gasteiger partial charge on any atom is -0.508 e. The maximum absolute atomic E-state index is 10.6. The molecule has 146 valence electrons. The first kappa shape index (κ1) is 20.7. The van der Waals surface area contributed by atoms with Crippen LogP contribution in [0.2, 0.25) is 0 Å². The zero-order valence-electron chi connectivity index (χ0n) is 15.9. The Hall–Kier alpha value is -2.57. The number of ether oxygens (including phenoxy) is 1. The second kappa shape index (κ2) is 9.39. The van der Waals surface area contributed by atoms with Crippen molar-refractivity contribution in [2.75, 3.05) is 13.2 Å². The number of aryl methyl sites for hydroxylation is 2. The summed E-state index contributed by atoms with van der Waals surface area (Å²) >= 11 is 0. The number of hydrogen-bond donors (Lipinski definition) is 4. The first-order valence-corrected chi connectivity index (χ1v) is 8.93. The van der Waals surface area contributed by atoms with Gasteiger partial charge in [0.1, 0.15) is 11.5 Å². The van der Waals surface area contributed by atoms with Crippen LogP contribution in [0.1, 0.15) is 35.3 Å². The van der Waals surface area contributed by atoms with E-state index in [1.54, 1.807) is 24.3 Å². The van der Waals surface area contributed by atoms with Crippen LogP contribution in [0.5, 0.6) is 11.5 Å². The smallest absolute Gasteiger partial charge is 0.341 e. The Kier molecular flexibility index (Phi) is 7.21. The molecule has 2 aromatic rings. The summed E-state index contributed by atoms with van der Waals surface area (Å²) in [7, 11) is 0. The third-order valence-electron chi connectivity index (χ3n) is 4.55. The molecule has 0 heterocycles. The Bertz CT molecular complexity index is 773. The molecule has 0 aliphatic rings. The summed E-state index contributed by atoms with van der Waals surface area (Å²) in [6, 6.07) is 10.3. The fraction of sp³-hybridized carbons (Fsp3) is 0.381. The average Bonchev–Trinajstić information content (AvgIpc) is 2.62. The Morgan fingerprint density at radius 1 is 1.15 bits per heavy atom. The lowest BCUT2D eigenvalue weighted by Crippen LogP contribution is -2.33. The molecule has 2 aromatic carbocycles. The first-order chi connectivity index (χ1) is 12.8. The van der Waals surface area contributed by atoms with E-state index in [1.807, 2.05) is 32.9 Å². The van der Waals surface area contributed by atoms with E-state index in [1.165, 1.54) is 0 Å².